The maximum Gasteiger partial charge on any atom is 0.228 e. The fraction of sp³-hybridized carbons (Fsp3) is 0.0476. The van der Waals surface area contributed by atoms with E-state index in [4.69, 9.17) is 11.6 Å². The largest absolute Gasteiger partial charge is 0.340 e. The van der Waals surface area contributed by atoms with Crippen molar-refractivity contribution in [2.75, 3.05) is 10.6 Å². The predicted molar refractivity (Wildman–Crippen MR) is 113 cm³/mol. The molecule has 4 rings (SSSR count). The molecular weight excluding hydrogens is 388 g/mol. The summed E-state index contributed by atoms with van der Waals surface area (Å²) in [5.41, 5.74) is 2.33. The zero-order valence-corrected chi connectivity index (χ0v) is 16.0. The number of imidazole rings is 1. The molecular formula is C21H17ClN6O. The van der Waals surface area contributed by atoms with Crippen molar-refractivity contribution in [1.82, 2.24) is 19.5 Å². The van der Waals surface area contributed by atoms with Crippen molar-refractivity contribution in [2.45, 2.75) is 6.42 Å². The van der Waals surface area contributed by atoms with Crippen molar-refractivity contribution in [3.05, 3.63) is 90.2 Å². The molecule has 7 nitrogen and oxygen atoms in total. The molecule has 0 aliphatic rings. The Labute approximate surface area is 172 Å². The molecule has 0 aliphatic carbocycles. The van der Waals surface area contributed by atoms with Crippen LogP contribution < -0.4 is 10.6 Å². The Morgan fingerprint density at radius 3 is 2.59 bits per heavy atom. The van der Waals surface area contributed by atoms with Gasteiger partial charge in [0, 0.05) is 34.9 Å². The molecule has 29 heavy (non-hydrogen) atoms. The lowest BCUT2D eigenvalue weighted by atomic mass is 10.1. The Hall–Kier alpha value is -3.71. The molecule has 0 aliphatic heterocycles. The van der Waals surface area contributed by atoms with Crippen molar-refractivity contribution in [3.8, 4) is 5.82 Å². The van der Waals surface area contributed by atoms with Gasteiger partial charge in [0.15, 0.2) is 0 Å². The van der Waals surface area contributed by atoms with Crippen molar-refractivity contribution in [2.24, 2.45) is 0 Å². The summed E-state index contributed by atoms with van der Waals surface area (Å²) in [4.78, 5) is 24.7. The van der Waals surface area contributed by atoms with Gasteiger partial charge < -0.3 is 10.6 Å². The number of halogens is 1. The number of carbonyl (C=O) groups is 1. The van der Waals surface area contributed by atoms with E-state index in [1.165, 1.54) is 6.33 Å². The van der Waals surface area contributed by atoms with Gasteiger partial charge in [0.05, 0.1) is 6.42 Å². The van der Waals surface area contributed by atoms with Crippen molar-refractivity contribution < 1.29 is 4.79 Å². The van der Waals surface area contributed by atoms with Gasteiger partial charge in [-0.1, -0.05) is 29.8 Å². The van der Waals surface area contributed by atoms with Gasteiger partial charge in [-0.25, -0.2) is 15.0 Å². The van der Waals surface area contributed by atoms with Crippen LogP contribution in [0.3, 0.4) is 0 Å². The van der Waals surface area contributed by atoms with Crippen LogP contribution in [0.15, 0.2) is 79.6 Å². The van der Waals surface area contributed by atoms with Crippen LogP contribution in [-0.2, 0) is 11.2 Å². The second-order valence-corrected chi connectivity index (χ2v) is 6.66. The minimum Gasteiger partial charge on any atom is -0.340 e. The summed E-state index contributed by atoms with van der Waals surface area (Å²) in [5.74, 6) is 1.24. The topological polar surface area (TPSA) is 84.7 Å². The van der Waals surface area contributed by atoms with E-state index in [-0.39, 0.29) is 12.3 Å². The van der Waals surface area contributed by atoms with E-state index < -0.39 is 0 Å². The van der Waals surface area contributed by atoms with Gasteiger partial charge in [-0.15, -0.1) is 0 Å². The lowest BCUT2D eigenvalue weighted by Crippen LogP contribution is -2.14. The van der Waals surface area contributed by atoms with E-state index in [1.54, 1.807) is 23.2 Å². The highest BCUT2D eigenvalue weighted by atomic mass is 35.5. The quantitative estimate of drug-likeness (QED) is 0.502. The number of hydrogen-bond donors (Lipinski definition) is 2. The SMILES string of the molecule is O=C(Cc1ccccc1Cl)Nc1ccc(Nc2cc(-n3ccnc3)ncn2)cc1. The minimum absolute atomic E-state index is 0.125. The fourth-order valence-corrected chi connectivity index (χ4v) is 2.96. The first kappa shape index (κ1) is 18.6. The normalized spacial score (nSPS) is 10.5. The Balaban J connectivity index is 1.39. The van der Waals surface area contributed by atoms with Gasteiger partial charge in [-0.2, -0.15) is 0 Å². The van der Waals surface area contributed by atoms with Crippen LogP contribution in [0.5, 0.6) is 0 Å². The summed E-state index contributed by atoms with van der Waals surface area (Å²) in [7, 11) is 0. The molecule has 0 spiro atoms. The van der Waals surface area contributed by atoms with Crippen LogP contribution in [-0.4, -0.2) is 25.4 Å². The van der Waals surface area contributed by atoms with Gasteiger partial charge in [-0.3, -0.25) is 9.36 Å². The highest BCUT2D eigenvalue weighted by Crippen LogP contribution is 2.20. The molecule has 0 saturated carbocycles. The zero-order valence-electron chi connectivity index (χ0n) is 15.3. The Kier molecular flexibility index (Phi) is 5.49. The molecule has 0 radical (unpaired) electrons. The van der Waals surface area contributed by atoms with Crippen LogP contribution in [0.25, 0.3) is 5.82 Å². The predicted octanol–water partition coefficient (Wildman–Crippen LogP) is 4.24. The second kappa shape index (κ2) is 8.53. The second-order valence-electron chi connectivity index (χ2n) is 6.25. The number of amides is 1. The first-order chi connectivity index (χ1) is 14.2. The molecule has 144 valence electrons. The summed E-state index contributed by atoms with van der Waals surface area (Å²) in [5, 5.41) is 6.68. The minimum atomic E-state index is -0.125. The number of hydrogen-bond acceptors (Lipinski definition) is 5. The van der Waals surface area contributed by atoms with E-state index >= 15 is 0 Å². The third-order valence-corrected chi connectivity index (χ3v) is 4.54. The average Bonchev–Trinajstić information content (AvgIpc) is 3.26. The maximum atomic E-state index is 12.3. The molecule has 0 bridgehead atoms. The molecule has 2 aromatic heterocycles. The number of aromatic nitrogens is 4. The standard InChI is InChI=1S/C21H17ClN6O/c22-18-4-2-1-3-15(18)11-21(29)27-17-7-5-16(6-8-17)26-19-12-20(25-13-24-19)28-10-9-23-14-28/h1-10,12-14H,11H2,(H,27,29)(H,24,25,26). The highest BCUT2D eigenvalue weighted by molar-refractivity contribution is 6.31. The molecule has 0 unspecified atom stereocenters. The lowest BCUT2D eigenvalue weighted by molar-refractivity contribution is -0.115. The van der Waals surface area contributed by atoms with Crippen molar-refractivity contribution >= 4 is 34.7 Å². The maximum absolute atomic E-state index is 12.3. The van der Waals surface area contributed by atoms with Crippen LogP contribution in [0.2, 0.25) is 5.02 Å². The molecule has 2 aromatic carbocycles. The van der Waals surface area contributed by atoms with Crippen LogP contribution in [0, 0.1) is 0 Å². The van der Waals surface area contributed by atoms with Gasteiger partial charge in [0.25, 0.3) is 0 Å². The summed E-state index contributed by atoms with van der Waals surface area (Å²) in [6, 6.07) is 16.5. The molecule has 2 N–H and O–H groups in total. The van der Waals surface area contributed by atoms with Gasteiger partial charge in [-0.05, 0) is 35.9 Å². The lowest BCUT2D eigenvalue weighted by Gasteiger charge is -2.09. The molecule has 1 amide bonds. The Bertz CT molecular complexity index is 1110. The molecule has 0 saturated heterocycles. The summed E-state index contributed by atoms with van der Waals surface area (Å²) in [6.45, 7) is 0. The third kappa shape index (κ3) is 4.77. The summed E-state index contributed by atoms with van der Waals surface area (Å²) < 4.78 is 1.80. The van der Waals surface area contributed by atoms with Gasteiger partial charge in [0.2, 0.25) is 5.91 Å². The molecule has 2 heterocycles. The first-order valence-electron chi connectivity index (χ1n) is 8.88. The van der Waals surface area contributed by atoms with Crippen molar-refractivity contribution in [3.63, 3.8) is 0 Å². The first-order valence-corrected chi connectivity index (χ1v) is 9.26. The summed E-state index contributed by atoms with van der Waals surface area (Å²) >= 11 is 6.11. The summed E-state index contributed by atoms with van der Waals surface area (Å²) in [6.07, 6.45) is 6.88. The Morgan fingerprint density at radius 2 is 1.83 bits per heavy atom. The highest BCUT2D eigenvalue weighted by Gasteiger charge is 2.07. The van der Waals surface area contributed by atoms with Crippen LogP contribution in [0.1, 0.15) is 5.56 Å². The fourth-order valence-electron chi connectivity index (χ4n) is 2.76. The smallest absolute Gasteiger partial charge is 0.228 e. The number of nitrogens with one attached hydrogen (secondary N) is 2. The van der Waals surface area contributed by atoms with Gasteiger partial charge >= 0.3 is 0 Å². The average molecular weight is 405 g/mol. The number of nitrogens with zero attached hydrogens (tertiary/aromatic N) is 4. The van der Waals surface area contributed by atoms with Crippen molar-refractivity contribution in [1.29, 1.82) is 0 Å². The monoisotopic (exact) mass is 404 g/mol. The zero-order chi connectivity index (χ0) is 20.1. The van der Waals surface area contributed by atoms with Crippen LogP contribution >= 0.6 is 11.6 Å². The molecule has 0 fully saturated rings. The third-order valence-electron chi connectivity index (χ3n) is 4.17. The van der Waals surface area contributed by atoms with Crippen LogP contribution in [0.4, 0.5) is 17.2 Å². The number of carbonyl (C=O) groups excluding carboxylic acids is 1. The van der Waals surface area contributed by atoms with E-state index in [0.717, 1.165) is 11.3 Å². The van der Waals surface area contributed by atoms with E-state index in [0.29, 0.717) is 22.3 Å². The Morgan fingerprint density at radius 1 is 1.03 bits per heavy atom. The molecule has 8 heteroatoms. The number of rotatable bonds is 6. The number of anilines is 3. The molecule has 4 aromatic rings. The van der Waals surface area contributed by atoms with Gasteiger partial charge in [0.1, 0.15) is 24.3 Å². The molecule has 0 atom stereocenters. The van der Waals surface area contributed by atoms with E-state index in [2.05, 4.69) is 25.6 Å². The number of benzene rings is 2. The van der Waals surface area contributed by atoms with E-state index in [9.17, 15) is 4.79 Å². The van der Waals surface area contributed by atoms with E-state index in [1.807, 2.05) is 54.7 Å².